The third-order valence-electron chi connectivity index (χ3n) is 6.00. The zero-order chi connectivity index (χ0) is 22.3. The van der Waals surface area contributed by atoms with Crippen LogP contribution in [0.2, 0.25) is 0 Å². The minimum atomic E-state index is -6.14. The molecule has 0 heterocycles. The van der Waals surface area contributed by atoms with Gasteiger partial charge in [-0.3, -0.25) is 0 Å². The Morgan fingerprint density at radius 1 is 1.03 bits per heavy atom. The molecule has 0 aromatic heterocycles. The molecule has 3 N–H and O–H groups in total. The van der Waals surface area contributed by atoms with E-state index >= 15 is 0 Å². The summed E-state index contributed by atoms with van der Waals surface area (Å²) >= 11 is 0. The number of urea groups is 1. The maximum absolute atomic E-state index is 14.4. The third-order valence-corrected chi connectivity index (χ3v) is 6.00. The molecule has 3 atom stereocenters. The maximum atomic E-state index is 14.4. The first-order valence-corrected chi connectivity index (χ1v) is 9.51. The second kappa shape index (κ2) is 7.90. The lowest BCUT2D eigenvalue weighted by atomic mass is 9.74. The molecule has 0 aliphatic heterocycles. The van der Waals surface area contributed by atoms with Gasteiger partial charge in [0.15, 0.2) is 0 Å². The van der Waals surface area contributed by atoms with Crippen molar-refractivity contribution in [1.29, 1.82) is 0 Å². The minimum Gasteiger partial charge on any atom is -0.395 e. The molecule has 1 saturated carbocycles. The molecule has 0 bridgehead atoms. The van der Waals surface area contributed by atoms with Gasteiger partial charge < -0.3 is 15.7 Å². The van der Waals surface area contributed by atoms with E-state index in [-0.39, 0.29) is 43.0 Å². The van der Waals surface area contributed by atoms with Crippen molar-refractivity contribution in [2.45, 2.75) is 55.7 Å². The number of aryl methyl sites for hydroxylation is 1. The standard InChI is InChI=1S/C19H21F7N2O2/c20-17(18(21,22)23,19(24,25)26)11-2-4-12-10(9-11)1-3-14-13(12)5-6-15(14)28-16(30)27-7-8-29/h2,4,9,13-15,29H,1,3,5-8H2,(H2,27,28,30)/t13-,14+,15+/m0/s1. The second-order valence-electron chi connectivity index (χ2n) is 7.68. The van der Waals surface area contributed by atoms with Gasteiger partial charge in [0.2, 0.25) is 0 Å². The monoisotopic (exact) mass is 442 g/mol. The fourth-order valence-corrected chi connectivity index (χ4v) is 4.63. The fraction of sp³-hybridized carbons (Fsp3) is 0.632. The molecule has 2 amide bonds. The molecule has 3 rings (SSSR count). The highest BCUT2D eigenvalue weighted by atomic mass is 19.4. The van der Waals surface area contributed by atoms with Gasteiger partial charge in [-0.05, 0) is 48.6 Å². The smallest absolute Gasteiger partial charge is 0.395 e. The van der Waals surface area contributed by atoms with E-state index in [0.717, 1.165) is 6.07 Å². The summed E-state index contributed by atoms with van der Waals surface area (Å²) in [5, 5.41) is 14.0. The van der Waals surface area contributed by atoms with Crippen molar-refractivity contribution in [3.05, 3.63) is 34.9 Å². The molecule has 1 aromatic carbocycles. The lowest BCUT2D eigenvalue weighted by Crippen LogP contribution is -2.50. The molecule has 0 spiro atoms. The van der Waals surface area contributed by atoms with E-state index < -0.39 is 29.6 Å². The Bertz CT molecular complexity index is 780. The van der Waals surface area contributed by atoms with Gasteiger partial charge in [-0.2, -0.15) is 26.3 Å². The number of rotatable bonds is 4. The zero-order valence-electron chi connectivity index (χ0n) is 15.7. The van der Waals surface area contributed by atoms with Crippen LogP contribution in [-0.2, 0) is 12.1 Å². The van der Waals surface area contributed by atoms with Gasteiger partial charge in [-0.15, -0.1) is 0 Å². The van der Waals surface area contributed by atoms with Gasteiger partial charge in [0, 0.05) is 18.2 Å². The predicted octanol–water partition coefficient (Wildman–Crippen LogP) is 4.08. The summed E-state index contributed by atoms with van der Waals surface area (Å²) in [5.41, 5.74) is -6.02. The Morgan fingerprint density at radius 2 is 1.70 bits per heavy atom. The van der Waals surface area contributed by atoms with E-state index in [9.17, 15) is 35.5 Å². The van der Waals surface area contributed by atoms with Crippen molar-refractivity contribution in [1.82, 2.24) is 10.6 Å². The first-order chi connectivity index (χ1) is 13.9. The molecular formula is C19H21F7N2O2. The second-order valence-corrected chi connectivity index (χ2v) is 7.68. The van der Waals surface area contributed by atoms with Gasteiger partial charge in [-0.25, -0.2) is 9.18 Å². The van der Waals surface area contributed by atoms with E-state index in [4.69, 9.17) is 5.11 Å². The van der Waals surface area contributed by atoms with Crippen LogP contribution in [0.25, 0.3) is 0 Å². The van der Waals surface area contributed by atoms with Crippen LogP contribution < -0.4 is 10.6 Å². The molecule has 1 aromatic rings. The highest BCUT2D eigenvalue weighted by Gasteiger charge is 2.73. The fourth-order valence-electron chi connectivity index (χ4n) is 4.63. The number of benzene rings is 1. The van der Waals surface area contributed by atoms with Crippen LogP contribution in [0.3, 0.4) is 0 Å². The van der Waals surface area contributed by atoms with E-state index in [2.05, 4.69) is 10.6 Å². The summed E-state index contributed by atoms with van der Waals surface area (Å²) < 4.78 is 92.6. The summed E-state index contributed by atoms with van der Waals surface area (Å²) in [6.07, 6.45) is -10.4. The first-order valence-electron chi connectivity index (χ1n) is 9.51. The summed E-state index contributed by atoms with van der Waals surface area (Å²) in [5.74, 6) is -0.166. The molecule has 4 nitrogen and oxygen atoms in total. The highest BCUT2D eigenvalue weighted by molar-refractivity contribution is 5.74. The number of fused-ring (bicyclic) bond motifs is 3. The molecule has 0 radical (unpaired) electrons. The number of aliphatic hydroxyl groups is 1. The van der Waals surface area contributed by atoms with Gasteiger partial charge in [0.25, 0.3) is 0 Å². The lowest BCUT2D eigenvalue weighted by Gasteiger charge is -2.34. The Labute approximate surface area is 167 Å². The van der Waals surface area contributed by atoms with Crippen molar-refractivity contribution < 1.29 is 40.6 Å². The number of carbonyl (C=O) groups is 1. The Kier molecular flexibility index (Phi) is 5.96. The van der Waals surface area contributed by atoms with E-state index in [0.29, 0.717) is 37.0 Å². The van der Waals surface area contributed by atoms with Crippen LogP contribution in [0.15, 0.2) is 18.2 Å². The van der Waals surface area contributed by atoms with Crippen LogP contribution in [0.4, 0.5) is 35.5 Å². The van der Waals surface area contributed by atoms with Crippen LogP contribution in [-0.4, -0.2) is 42.7 Å². The highest BCUT2D eigenvalue weighted by Crippen LogP contribution is 2.54. The maximum Gasteiger partial charge on any atom is 0.435 e. The largest absolute Gasteiger partial charge is 0.435 e. The van der Waals surface area contributed by atoms with Crippen LogP contribution in [0.5, 0.6) is 0 Å². The number of alkyl halides is 7. The normalized spacial score (nSPS) is 24.2. The summed E-state index contributed by atoms with van der Waals surface area (Å²) in [7, 11) is 0. The number of hydrogen-bond acceptors (Lipinski definition) is 2. The van der Waals surface area contributed by atoms with Gasteiger partial charge >= 0.3 is 24.1 Å². The first kappa shape index (κ1) is 22.6. The number of hydrogen-bond donors (Lipinski definition) is 3. The summed E-state index contributed by atoms with van der Waals surface area (Å²) in [6, 6.07) is 1.75. The molecule has 2 aliphatic carbocycles. The molecule has 0 unspecified atom stereocenters. The molecule has 1 fully saturated rings. The molecule has 168 valence electrons. The molecular weight excluding hydrogens is 421 g/mol. The van der Waals surface area contributed by atoms with Crippen LogP contribution in [0.1, 0.15) is 41.9 Å². The van der Waals surface area contributed by atoms with Crippen molar-refractivity contribution in [2.24, 2.45) is 5.92 Å². The van der Waals surface area contributed by atoms with Crippen LogP contribution in [0, 0.1) is 5.92 Å². The Balaban J connectivity index is 1.84. The number of carbonyl (C=O) groups excluding carboxylic acids is 1. The quantitative estimate of drug-likeness (QED) is 0.616. The summed E-state index contributed by atoms with van der Waals surface area (Å²) in [4.78, 5) is 11.8. The minimum absolute atomic E-state index is 0.0245. The van der Waals surface area contributed by atoms with Crippen molar-refractivity contribution >= 4 is 6.03 Å². The topological polar surface area (TPSA) is 61.4 Å². The predicted molar refractivity (Wildman–Crippen MR) is 92.5 cm³/mol. The van der Waals surface area contributed by atoms with Gasteiger partial charge in [-0.1, -0.05) is 18.2 Å². The number of aliphatic hydroxyl groups excluding tert-OH is 1. The number of nitrogens with one attached hydrogen (secondary N) is 2. The third kappa shape index (κ3) is 3.83. The van der Waals surface area contributed by atoms with Crippen molar-refractivity contribution in [3.63, 3.8) is 0 Å². The average molecular weight is 442 g/mol. The van der Waals surface area contributed by atoms with Gasteiger partial charge in [0.1, 0.15) is 0 Å². The zero-order valence-corrected chi connectivity index (χ0v) is 15.7. The van der Waals surface area contributed by atoms with Crippen LogP contribution >= 0.6 is 0 Å². The lowest BCUT2D eigenvalue weighted by molar-refractivity contribution is -0.348. The molecule has 11 heteroatoms. The van der Waals surface area contributed by atoms with Gasteiger partial charge in [0.05, 0.1) is 6.61 Å². The Morgan fingerprint density at radius 3 is 2.30 bits per heavy atom. The van der Waals surface area contributed by atoms with E-state index in [1.165, 1.54) is 0 Å². The number of halogens is 7. The van der Waals surface area contributed by atoms with E-state index in [1.807, 2.05) is 0 Å². The number of amides is 2. The van der Waals surface area contributed by atoms with E-state index in [1.54, 1.807) is 0 Å². The SMILES string of the molecule is O=C(NCCO)N[C@@H]1CC[C@H]2c3ccc(C(F)(C(F)(F)F)C(F)(F)F)cc3CC[C@@H]12. The summed E-state index contributed by atoms with van der Waals surface area (Å²) in [6.45, 7) is -0.132. The molecule has 2 aliphatic rings. The van der Waals surface area contributed by atoms with Crippen molar-refractivity contribution in [2.75, 3.05) is 13.2 Å². The average Bonchev–Trinajstić information content (AvgIpc) is 3.06. The molecule has 0 saturated heterocycles. The molecule has 30 heavy (non-hydrogen) atoms. The van der Waals surface area contributed by atoms with Crippen molar-refractivity contribution in [3.8, 4) is 0 Å². The Hall–Kier alpha value is -2.04.